The molecule has 0 aliphatic rings. The van der Waals surface area contributed by atoms with Gasteiger partial charge in [-0.15, -0.1) is 0 Å². The highest BCUT2D eigenvalue weighted by Gasteiger charge is 2.14. The lowest BCUT2D eigenvalue weighted by atomic mass is 10.1. The second-order valence-corrected chi connectivity index (χ2v) is 4.45. The molecule has 0 heterocycles. The number of hydrogen-bond donors (Lipinski definition) is 0. The predicted molar refractivity (Wildman–Crippen MR) is 82.4 cm³/mol. The molecular formula is C17H18O5. The quantitative estimate of drug-likeness (QED) is 0.736. The van der Waals surface area contributed by atoms with Crippen molar-refractivity contribution in [1.82, 2.24) is 0 Å². The molecule has 2 aromatic rings. The summed E-state index contributed by atoms with van der Waals surface area (Å²) < 4.78 is 20.9. The number of ketones is 1. The number of Topliss-reactive ketones (excluding diaryl/α,β-unsaturated/α-hetero) is 1. The van der Waals surface area contributed by atoms with Crippen LogP contribution in [0.2, 0.25) is 0 Å². The van der Waals surface area contributed by atoms with Crippen LogP contribution >= 0.6 is 0 Å². The molecule has 0 atom stereocenters. The third kappa shape index (κ3) is 3.69. The summed E-state index contributed by atoms with van der Waals surface area (Å²) in [5.74, 6) is 2.25. The minimum Gasteiger partial charge on any atom is -0.497 e. The van der Waals surface area contributed by atoms with E-state index >= 15 is 0 Å². The molecule has 0 amide bonds. The van der Waals surface area contributed by atoms with E-state index in [0.717, 1.165) is 5.75 Å². The maximum atomic E-state index is 12.2. The van der Waals surface area contributed by atoms with E-state index in [9.17, 15) is 4.79 Å². The Morgan fingerprint density at radius 2 is 1.41 bits per heavy atom. The molecule has 0 radical (unpaired) electrons. The Morgan fingerprint density at radius 3 is 2.00 bits per heavy atom. The molecule has 0 spiro atoms. The van der Waals surface area contributed by atoms with Crippen LogP contribution in [0, 0.1) is 0 Å². The van der Waals surface area contributed by atoms with Gasteiger partial charge < -0.3 is 18.9 Å². The molecule has 2 aromatic carbocycles. The molecule has 0 aliphatic carbocycles. The average molecular weight is 302 g/mol. The summed E-state index contributed by atoms with van der Waals surface area (Å²) in [4.78, 5) is 12.2. The van der Waals surface area contributed by atoms with Gasteiger partial charge in [0.1, 0.15) is 23.0 Å². The topological polar surface area (TPSA) is 54.0 Å². The number of carbonyl (C=O) groups is 1. The standard InChI is InChI=1S/C17H18O5/c1-19-12-4-6-13(7-5-12)22-11-16(18)15-9-8-14(20-2)10-17(15)21-3/h4-10H,11H2,1-3H3. The largest absolute Gasteiger partial charge is 0.497 e. The summed E-state index contributed by atoms with van der Waals surface area (Å²) in [6, 6.07) is 12.1. The van der Waals surface area contributed by atoms with Crippen molar-refractivity contribution in [2.75, 3.05) is 27.9 Å². The lowest BCUT2D eigenvalue weighted by Crippen LogP contribution is -2.12. The third-order valence-corrected chi connectivity index (χ3v) is 3.14. The zero-order valence-electron chi connectivity index (χ0n) is 12.8. The highest BCUT2D eigenvalue weighted by atomic mass is 16.5. The number of hydrogen-bond acceptors (Lipinski definition) is 5. The minimum atomic E-state index is -0.171. The van der Waals surface area contributed by atoms with E-state index in [1.165, 1.54) is 7.11 Å². The average Bonchev–Trinajstić information content (AvgIpc) is 2.59. The molecule has 2 rings (SSSR count). The van der Waals surface area contributed by atoms with Gasteiger partial charge in [0.25, 0.3) is 0 Å². The second kappa shape index (κ2) is 7.36. The Bertz CT molecular complexity index is 634. The molecule has 5 nitrogen and oxygen atoms in total. The molecule has 0 saturated heterocycles. The van der Waals surface area contributed by atoms with Crippen LogP contribution in [0.15, 0.2) is 42.5 Å². The highest BCUT2D eigenvalue weighted by molar-refractivity contribution is 6.00. The Morgan fingerprint density at radius 1 is 0.818 bits per heavy atom. The van der Waals surface area contributed by atoms with Crippen molar-refractivity contribution in [2.45, 2.75) is 0 Å². The monoisotopic (exact) mass is 302 g/mol. The van der Waals surface area contributed by atoms with Gasteiger partial charge in [-0.3, -0.25) is 4.79 Å². The first kappa shape index (κ1) is 15.7. The summed E-state index contributed by atoms with van der Waals surface area (Å²) in [5.41, 5.74) is 0.455. The third-order valence-electron chi connectivity index (χ3n) is 3.14. The SMILES string of the molecule is COc1ccc(OCC(=O)c2ccc(OC)cc2OC)cc1. The van der Waals surface area contributed by atoms with Gasteiger partial charge >= 0.3 is 0 Å². The first-order valence-corrected chi connectivity index (χ1v) is 6.70. The van der Waals surface area contributed by atoms with Crippen molar-refractivity contribution in [1.29, 1.82) is 0 Å². The highest BCUT2D eigenvalue weighted by Crippen LogP contribution is 2.25. The van der Waals surface area contributed by atoms with Gasteiger partial charge in [-0.2, -0.15) is 0 Å². The van der Waals surface area contributed by atoms with E-state index in [2.05, 4.69) is 0 Å². The molecule has 22 heavy (non-hydrogen) atoms. The Kier molecular flexibility index (Phi) is 5.25. The lowest BCUT2D eigenvalue weighted by Gasteiger charge is -2.10. The Hall–Kier alpha value is -2.69. The van der Waals surface area contributed by atoms with Gasteiger partial charge in [-0.05, 0) is 36.4 Å². The van der Waals surface area contributed by atoms with Gasteiger partial charge in [-0.1, -0.05) is 0 Å². The summed E-state index contributed by atoms with van der Waals surface area (Å²) in [6.45, 7) is -0.0744. The molecule has 0 fully saturated rings. The summed E-state index contributed by atoms with van der Waals surface area (Å²) >= 11 is 0. The maximum Gasteiger partial charge on any atom is 0.203 e. The number of benzene rings is 2. The summed E-state index contributed by atoms with van der Waals surface area (Å²) in [7, 11) is 4.66. The van der Waals surface area contributed by atoms with Crippen molar-refractivity contribution in [3.63, 3.8) is 0 Å². The number of rotatable bonds is 7. The molecule has 0 aliphatic heterocycles. The second-order valence-electron chi connectivity index (χ2n) is 4.45. The number of ether oxygens (including phenoxy) is 4. The minimum absolute atomic E-state index is 0.0744. The van der Waals surface area contributed by atoms with E-state index in [-0.39, 0.29) is 12.4 Å². The molecule has 0 unspecified atom stereocenters. The zero-order valence-corrected chi connectivity index (χ0v) is 12.8. The van der Waals surface area contributed by atoms with Gasteiger partial charge in [0.2, 0.25) is 5.78 Å². The molecule has 0 N–H and O–H groups in total. The number of carbonyl (C=O) groups excluding carboxylic acids is 1. The van der Waals surface area contributed by atoms with Gasteiger partial charge in [0, 0.05) is 6.07 Å². The lowest BCUT2D eigenvalue weighted by molar-refractivity contribution is 0.0918. The van der Waals surface area contributed by atoms with E-state index in [0.29, 0.717) is 22.8 Å². The van der Waals surface area contributed by atoms with Gasteiger partial charge in [0.05, 0.1) is 26.9 Å². The van der Waals surface area contributed by atoms with Crippen LogP contribution in [0.3, 0.4) is 0 Å². The van der Waals surface area contributed by atoms with E-state index in [4.69, 9.17) is 18.9 Å². The van der Waals surface area contributed by atoms with Crippen molar-refractivity contribution >= 4 is 5.78 Å². The number of methoxy groups -OCH3 is 3. The molecule has 5 heteroatoms. The molecule has 0 bridgehead atoms. The van der Waals surface area contributed by atoms with Crippen molar-refractivity contribution < 1.29 is 23.7 Å². The Balaban J connectivity index is 2.05. The normalized spacial score (nSPS) is 9.95. The van der Waals surface area contributed by atoms with E-state index in [1.807, 2.05) is 0 Å². The molecule has 116 valence electrons. The summed E-state index contributed by atoms with van der Waals surface area (Å²) in [5, 5.41) is 0. The zero-order chi connectivity index (χ0) is 15.9. The van der Waals surface area contributed by atoms with Crippen LogP contribution in [0.4, 0.5) is 0 Å². The van der Waals surface area contributed by atoms with Crippen molar-refractivity contribution in [3.05, 3.63) is 48.0 Å². The predicted octanol–water partition coefficient (Wildman–Crippen LogP) is 2.97. The van der Waals surface area contributed by atoms with Crippen molar-refractivity contribution in [2.24, 2.45) is 0 Å². The molecule has 0 aromatic heterocycles. The fraction of sp³-hybridized carbons (Fsp3) is 0.235. The van der Waals surface area contributed by atoms with E-state index < -0.39 is 0 Å². The van der Waals surface area contributed by atoms with Crippen LogP contribution in [0.1, 0.15) is 10.4 Å². The van der Waals surface area contributed by atoms with Crippen LogP contribution in [0.25, 0.3) is 0 Å². The first-order chi connectivity index (χ1) is 10.7. The van der Waals surface area contributed by atoms with Crippen LogP contribution in [-0.2, 0) is 0 Å². The van der Waals surface area contributed by atoms with Crippen LogP contribution in [-0.4, -0.2) is 33.7 Å². The summed E-state index contributed by atoms with van der Waals surface area (Å²) in [6.07, 6.45) is 0. The van der Waals surface area contributed by atoms with Crippen LogP contribution in [0.5, 0.6) is 23.0 Å². The van der Waals surface area contributed by atoms with E-state index in [1.54, 1.807) is 56.7 Å². The fourth-order valence-electron chi connectivity index (χ4n) is 1.93. The van der Waals surface area contributed by atoms with Crippen LogP contribution < -0.4 is 18.9 Å². The molecule has 0 saturated carbocycles. The van der Waals surface area contributed by atoms with Gasteiger partial charge in [0.15, 0.2) is 6.61 Å². The fourth-order valence-corrected chi connectivity index (χ4v) is 1.93. The maximum absolute atomic E-state index is 12.2. The first-order valence-electron chi connectivity index (χ1n) is 6.70. The Labute approximate surface area is 129 Å². The van der Waals surface area contributed by atoms with Crippen molar-refractivity contribution in [3.8, 4) is 23.0 Å². The van der Waals surface area contributed by atoms with Gasteiger partial charge in [-0.25, -0.2) is 0 Å². The molecular weight excluding hydrogens is 284 g/mol. The smallest absolute Gasteiger partial charge is 0.203 e.